The van der Waals surface area contributed by atoms with Crippen LogP contribution in [-0.4, -0.2) is 24.1 Å². The van der Waals surface area contributed by atoms with Crippen molar-refractivity contribution in [1.29, 1.82) is 0 Å². The first kappa shape index (κ1) is 27.5. The van der Waals surface area contributed by atoms with Crippen LogP contribution in [0.4, 0.5) is 9.80 Å². The van der Waals surface area contributed by atoms with E-state index in [4.69, 9.17) is 27.9 Å². The van der Waals surface area contributed by atoms with E-state index in [1.807, 2.05) is 32.9 Å². The van der Waals surface area contributed by atoms with Crippen molar-refractivity contribution in [2.24, 2.45) is 0 Å². The van der Waals surface area contributed by atoms with E-state index in [0.717, 1.165) is 71.6 Å². The van der Waals surface area contributed by atoms with E-state index in [9.17, 15) is 9.59 Å². The van der Waals surface area contributed by atoms with Gasteiger partial charge in [0, 0.05) is 27.7 Å². The number of amides is 2. The predicted octanol–water partition coefficient (Wildman–Crippen LogP) is 7.58. The summed E-state index contributed by atoms with van der Waals surface area (Å²) in [5.74, 6) is -0.381. The molecule has 1 aliphatic heterocycles. The second-order valence-corrected chi connectivity index (χ2v) is 13.6. The molecule has 0 atom stereocenters. The van der Waals surface area contributed by atoms with E-state index >= 15 is 0 Å². The molecule has 38 heavy (non-hydrogen) atoms. The van der Waals surface area contributed by atoms with Crippen LogP contribution < -0.4 is 16.0 Å². The van der Waals surface area contributed by atoms with Crippen molar-refractivity contribution in [3.63, 3.8) is 0 Å². The Balaban J connectivity index is 1.39. The molecule has 5 rings (SSSR count). The van der Waals surface area contributed by atoms with E-state index in [-0.39, 0.29) is 12.0 Å². The van der Waals surface area contributed by atoms with E-state index in [2.05, 4.69) is 16.0 Å². The van der Waals surface area contributed by atoms with Crippen LogP contribution in [0.1, 0.15) is 70.4 Å². The number of ether oxygens (including phenoxy) is 1. The van der Waals surface area contributed by atoms with Crippen LogP contribution in [0.2, 0.25) is 10.0 Å². The number of fused-ring (bicyclic) bond motifs is 2. The number of aryl methyl sites for hydroxylation is 1. The molecule has 0 saturated heterocycles. The molecular formula is C28H31Cl2N3O3S2. The van der Waals surface area contributed by atoms with Gasteiger partial charge < -0.3 is 15.4 Å². The van der Waals surface area contributed by atoms with Crippen LogP contribution in [-0.2, 0) is 37.1 Å². The number of benzene rings is 1. The van der Waals surface area contributed by atoms with Crippen LogP contribution in [0.3, 0.4) is 0 Å². The smallest absolute Gasteiger partial charge is 0.341 e. The number of hydrogen-bond acceptors (Lipinski definition) is 6. The summed E-state index contributed by atoms with van der Waals surface area (Å²) in [5.41, 5.74) is 4.26. The first-order valence-electron chi connectivity index (χ1n) is 12.8. The molecule has 202 valence electrons. The molecule has 0 spiro atoms. The van der Waals surface area contributed by atoms with Crippen LogP contribution in [0.25, 0.3) is 10.4 Å². The maximum atomic E-state index is 13.2. The number of rotatable bonds is 5. The fourth-order valence-electron chi connectivity index (χ4n) is 4.97. The molecular weight excluding hydrogens is 561 g/mol. The fraction of sp³-hybridized carbons (Fsp3) is 0.429. The van der Waals surface area contributed by atoms with Crippen molar-refractivity contribution in [1.82, 2.24) is 10.6 Å². The number of carbonyl (C=O) groups excluding carboxylic acids is 2. The molecule has 0 fully saturated rings. The van der Waals surface area contributed by atoms with Gasteiger partial charge in [-0.25, -0.2) is 9.59 Å². The number of urea groups is 1. The predicted molar refractivity (Wildman–Crippen MR) is 157 cm³/mol. The number of carbonyl (C=O) groups is 2. The van der Waals surface area contributed by atoms with Crippen molar-refractivity contribution >= 4 is 62.9 Å². The summed E-state index contributed by atoms with van der Waals surface area (Å²) in [5, 5.41) is 11.0. The monoisotopic (exact) mass is 591 g/mol. The molecule has 2 aliphatic rings. The molecule has 0 radical (unpaired) electrons. The summed E-state index contributed by atoms with van der Waals surface area (Å²) in [6.07, 6.45) is 4.75. The first-order valence-corrected chi connectivity index (χ1v) is 15.2. The maximum absolute atomic E-state index is 13.2. The van der Waals surface area contributed by atoms with Crippen molar-refractivity contribution in [2.75, 3.05) is 11.9 Å². The number of hydrogen-bond donors (Lipinski definition) is 3. The van der Waals surface area contributed by atoms with Gasteiger partial charge >= 0.3 is 12.0 Å². The normalized spacial score (nSPS) is 15.0. The Kier molecular flexibility index (Phi) is 8.08. The molecule has 1 aliphatic carbocycles. The molecule has 3 heterocycles. The highest BCUT2D eigenvalue weighted by Crippen LogP contribution is 2.41. The highest BCUT2D eigenvalue weighted by atomic mass is 35.5. The molecule has 0 unspecified atom stereocenters. The minimum absolute atomic E-state index is 0.345. The highest BCUT2D eigenvalue weighted by molar-refractivity contribution is 7.17. The number of anilines is 1. The number of halogens is 2. The maximum Gasteiger partial charge on any atom is 0.341 e. The minimum Gasteiger partial charge on any atom is -0.456 e. The lowest BCUT2D eigenvalue weighted by Crippen LogP contribution is -2.30. The molecule has 1 aromatic carbocycles. The SMILES string of the molecule is CC(C)(C)OC(=O)c1c(NC(=O)NCc2c(-c3ccc(Cl)c(Cl)c3)sc3c2CCNC3)sc2c1CCCC2. The second kappa shape index (κ2) is 11.2. The Labute approximate surface area is 241 Å². The van der Waals surface area contributed by atoms with Crippen LogP contribution in [0, 0.1) is 0 Å². The number of thiophene rings is 2. The Bertz CT molecular complexity index is 1390. The summed E-state index contributed by atoms with van der Waals surface area (Å²) in [6, 6.07) is 5.30. The van der Waals surface area contributed by atoms with Crippen molar-refractivity contribution in [3.8, 4) is 10.4 Å². The lowest BCUT2D eigenvalue weighted by Gasteiger charge is -2.21. The third kappa shape index (κ3) is 5.89. The summed E-state index contributed by atoms with van der Waals surface area (Å²) >= 11 is 15.7. The summed E-state index contributed by atoms with van der Waals surface area (Å²) in [6.45, 7) is 7.62. The van der Waals surface area contributed by atoms with Crippen molar-refractivity contribution in [2.45, 2.75) is 71.6 Å². The molecule has 0 saturated carbocycles. The van der Waals surface area contributed by atoms with Gasteiger partial charge in [0.05, 0.1) is 15.6 Å². The standard InChI is InChI=1S/C28H31Cl2N3O3S2/c1-28(2,3)36-26(34)23-17-6-4-5-7-21(17)38-25(23)33-27(35)32-13-18-16-10-11-31-14-22(16)37-24(18)15-8-9-19(29)20(30)12-15/h8-9,12,31H,4-7,10-11,13-14H2,1-3H3,(H2,32,33,35). The minimum atomic E-state index is -0.617. The Morgan fingerprint density at radius 3 is 2.58 bits per heavy atom. The first-order chi connectivity index (χ1) is 18.1. The Morgan fingerprint density at radius 1 is 1.03 bits per heavy atom. The van der Waals surface area contributed by atoms with Gasteiger partial charge in [-0.2, -0.15) is 0 Å². The lowest BCUT2D eigenvalue weighted by atomic mass is 9.95. The highest BCUT2D eigenvalue weighted by Gasteiger charge is 2.30. The van der Waals surface area contributed by atoms with Gasteiger partial charge in [-0.3, -0.25) is 5.32 Å². The zero-order valence-electron chi connectivity index (χ0n) is 21.7. The average molecular weight is 593 g/mol. The van der Waals surface area contributed by atoms with Gasteiger partial charge in [-0.05, 0) is 93.8 Å². The van der Waals surface area contributed by atoms with Gasteiger partial charge in [-0.15, -0.1) is 22.7 Å². The molecule has 0 bridgehead atoms. The van der Waals surface area contributed by atoms with E-state index in [1.165, 1.54) is 21.8 Å². The number of esters is 1. The van der Waals surface area contributed by atoms with Crippen LogP contribution in [0.5, 0.6) is 0 Å². The molecule has 2 aromatic heterocycles. The number of nitrogens with one attached hydrogen (secondary N) is 3. The van der Waals surface area contributed by atoms with E-state index in [1.54, 1.807) is 17.4 Å². The lowest BCUT2D eigenvalue weighted by molar-refractivity contribution is 0.00699. The zero-order chi connectivity index (χ0) is 27.0. The summed E-state index contributed by atoms with van der Waals surface area (Å²) < 4.78 is 5.71. The molecule has 2 amide bonds. The Morgan fingerprint density at radius 2 is 1.82 bits per heavy atom. The van der Waals surface area contributed by atoms with Crippen LogP contribution in [0.15, 0.2) is 18.2 Å². The van der Waals surface area contributed by atoms with Crippen molar-refractivity contribution < 1.29 is 14.3 Å². The summed E-state index contributed by atoms with van der Waals surface area (Å²) in [7, 11) is 0. The van der Waals surface area contributed by atoms with Gasteiger partial charge in [-0.1, -0.05) is 29.3 Å². The van der Waals surface area contributed by atoms with Gasteiger partial charge in [0.25, 0.3) is 0 Å². The topological polar surface area (TPSA) is 79.5 Å². The van der Waals surface area contributed by atoms with Gasteiger partial charge in [0.15, 0.2) is 0 Å². The summed E-state index contributed by atoms with van der Waals surface area (Å²) in [4.78, 5) is 29.8. The van der Waals surface area contributed by atoms with Gasteiger partial charge in [0.1, 0.15) is 10.6 Å². The van der Waals surface area contributed by atoms with E-state index < -0.39 is 5.60 Å². The van der Waals surface area contributed by atoms with E-state index in [0.29, 0.717) is 27.2 Å². The zero-order valence-corrected chi connectivity index (χ0v) is 24.8. The largest absolute Gasteiger partial charge is 0.456 e. The molecule has 3 N–H and O–H groups in total. The second-order valence-electron chi connectivity index (χ2n) is 10.6. The fourth-order valence-corrected chi connectivity index (χ4v) is 7.88. The van der Waals surface area contributed by atoms with Crippen molar-refractivity contribution in [3.05, 3.63) is 60.3 Å². The third-order valence-electron chi connectivity index (χ3n) is 6.65. The quantitative estimate of drug-likeness (QED) is 0.267. The molecule has 10 heteroatoms. The average Bonchev–Trinajstić information content (AvgIpc) is 3.41. The Hall–Kier alpha value is -2.10. The van der Waals surface area contributed by atoms with Crippen LogP contribution >= 0.6 is 45.9 Å². The van der Waals surface area contributed by atoms with Gasteiger partial charge in [0.2, 0.25) is 0 Å². The molecule has 3 aromatic rings. The molecule has 6 nitrogen and oxygen atoms in total. The third-order valence-corrected chi connectivity index (χ3v) is 9.92.